The van der Waals surface area contributed by atoms with Gasteiger partial charge in [-0.2, -0.15) is 13.2 Å². The van der Waals surface area contributed by atoms with E-state index in [9.17, 15) is 13.2 Å². The molecule has 0 aliphatic carbocycles. The lowest BCUT2D eigenvalue weighted by Crippen LogP contribution is -2.24. The molecule has 1 aromatic rings. The number of aliphatic hydroxyl groups is 1. The molecule has 1 aliphatic rings. The van der Waals surface area contributed by atoms with Gasteiger partial charge in [0, 0.05) is 30.1 Å². The fraction of sp³-hybridized carbons (Fsp3) is 0.500. The van der Waals surface area contributed by atoms with Crippen LogP contribution in [0.2, 0.25) is 0 Å². The maximum atomic E-state index is 12.9. The molecular weight excluding hydrogens is 311 g/mol. The maximum absolute atomic E-state index is 12.9. The minimum atomic E-state index is -4.35. The third-order valence-electron chi connectivity index (χ3n) is 3.15. The molecule has 0 aromatic heterocycles. The number of alkyl halides is 3. The van der Waals surface area contributed by atoms with Crippen molar-refractivity contribution in [3.8, 4) is 0 Å². The maximum Gasteiger partial charge on any atom is 0.418 e. The van der Waals surface area contributed by atoms with Crippen LogP contribution in [0, 0.1) is 5.92 Å². The van der Waals surface area contributed by atoms with E-state index in [1.165, 1.54) is 12.1 Å². The van der Waals surface area contributed by atoms with Gasteiger partial charge in [-0.05, 0) is 24.6 Å². The number of hydrogen-bond acceptors (Lipinski definition) is 2. The molecule has 1 heterocycles. The molecule has 100 valence electrons. The molecule has 0 saturated carbocycles. The van der Waals surface area contributed by atoms with Gasteiger partial charge in [-0.25, -0.2) is 0 Å². The summed E-state index contributed by atoms with van der Waals surface area (Å²) in [6.45, 7) is 1.03. The zero-order valence-electron chi connectivity index (χ0n) is 9.54. The lowest BCUT2D eigenvalue weighted by atomic mass is 10.1. The molecule has 2 nitrogen and oxygen atoms in total. The van der Waals surface area contributed by atoms with E-state index in [1.54, 1.807) is 4.90 Å². The van der Waals surface area contributed by atoms with Gasteiger partial charge in [0.1, 0.15) is 0 Å². The van der Waals surface area contributed by atoms with E-state index in [1.807, 2.05) is 0 Å². The van der Waals surface area contributed by atoms with E-state index in [0.717, 1.165) is 12.5 Å². The number of rotatable bonds is 2. The Hall–Kier alpha value is -0.750. The minimum absolute atomic E-state index is 0.0197. The number of hydrogen-bond donors (Lipinski definition) is 1. The third-order valence-corrected chi connectivity index (χ3v) is 3.64. The highest BCUT2D eigenvalue weighted by molar-refractivity contribution is 9.10. The van der Waals surface area contributed by atoms with Crippen molar-refractivity contribution in [2.24, 2.45) is 5.92 Å². The van der Waals surface area contributed by atoms with Crippen LogP contribution >= 0.6 is 15.9 Å². The van der Waals surface area contributed by atoms with Gasteiger partial charge in [-0.1, -0.05) is 15.9 Å². The van der Waals surface area contributed by atoms with Crippen LogP contribution in [-0.2, 0) is 6.18 Å². The zero-order chi connectivity index (χ0) is 13.3. The zero-order valence-corrected chi connectivity index (χ0v) is 11.1. The summed E-state index contributed by atoms with van der Waals surface area (Å²) in [7, 11) is 0. The van der Waals surface area contributed by atoms with Gasteiger partial charge in [-0.3, -0.25) is 0 Å². The second-order valence-corrected chi connectivity index (χ2v) is 5.36. The van der Waals surface area contributed by atoms with Crippen LogP contribution in [0.3, 0.4) is 0 Å². The number of aliphatic hydroxyl groups excluding tert-OH is 1. The summed E-state index contributed by atoms with van der Waals surface area (Å²) in [5.74, 6) is 0.0602. The van der Waals surface area contributed by atoms with Gasteiger partial charge in [0.05, 0.1) is 11.3 Å². The van der Waals surface area contributed by atoms with Crippen LogP contribution in [0.5, 0.6) is 0 Å². The van der Waals surface area contributed by atoms with Crippen molar-refractivity contribution in [1.82, 2.24) is 0 Å². The molecule has 18 heavy (non-hydrogen) atoms. The standard InChI is InChI=1S/C12H13BrF3NO/c13-9-1-2-10(12(14,15)16)11(5-9)17-4-3-8(6-17)7-18/h1-2,5,8,18H,3-4,6-7H2. The van der Waals surface area contributed by atoms with Gasteiger partial charge >= 0.3 is 6.18 Å². The molecule has 1 aliphatic heterocycles. The first kappa shape index (κ1) is 13.7. The topological polar surface area (TPSA) is 23.5 Å². The number of anilines is 1. The smallest absolute Gasteiger partial charge is 0.396 e. The first-order chi connectivity index (χ1) is 8.41. The second kappa shape index (κ2) is 5.09. The largest absolute Gasteiger partial charge is 0.418 e. The van der Waals surface area contributed by atoms with Crippen molar-refractivity contribution in [1.29, 1.82) is 0 Å². The summed E-state index contributed by atoms with van der Waals surface area (Å²) in [5.41, 5.74) is -0.433. The van der Waals surface area contributed by atoms with Crippen molar-refractivity contribution in [2.75, 3.05) is 24.6 Å². The first-order valence-electron chi connectivity index (χ1n) is 5.64. The fourth-order valence-corrected chi connectivity index (χ4v) is 2.56. The Morgan fingerprint density at radius 2 is 2.11 bits per heavy atom. The highest BCUT2D eigenvalue weighted by atomic mass is 79.9. The third kappa shape index (κ3) is 2.80. The molecule has 1 atom stereocenters. The number of halogens is 4. The lowest BCUT2D eigenvalue weighted by molar-refractivity contribution is -0.137. The Morgan fingerprint density at radius 1 is 1.39 bits per heavy atom. The molecule has 1 aromatic carbocycles. The van der Waals surface area contributed by atoms with Crippen molar-refractivity contribution in [3.63, 3.8) is 0 Å². The summed E-state index contributed by atoms with van der Waals surface area (Å²) in [6.07, 6.45) is -3.63. The Morgan fingerprint density at radius 3 is 2.67 bits per heavy atom. The van der Waals surface area contributed by atoms with E-state index in [2.05, 4.69) is 15.9 Å². The van der Waals surface area contributed by atoms with Crippen LogP contribution < -0.4 is 4.90 Å². The van der Waals surface area contributed by atoms with Crippen molar-refractivity contribution in [3.05, 3.63) is 28.2 Å². The van der Waals surface area contributed by atoms with E-state index < -0.39 is 11.7 Å². The highest BCUT2D eigenvalue weighted by Crippen LogP contribution is 2.39. The molecule has 0 spiro atoms. The molecule has 0 amide bonds. The number of nitrogens with zero attached hydrogens (tertiary/aromatic N) is 1. The van der Waals surface area contributed by atoms with Crippen molar-refractivity contribution >= 4 is 21.6 Å². The van der Waals surface area contributed by atoms with E-state index in [-0.39, 0.29) is 18.2 Å². The van der Waals surface area contributed by atoms with Crippen LogP contribution in [0.1, 0.15) is 12.0 Å². The molecule has 1 N–H and O–H groups in total. The quantitative estimate of drug-likeness (QED) is 0.902. The molecular formula is C12H13BrF3NO. The molecule has 1 saturated heterocycles. The second-order valence-electron chi connectivity index (χ2n) is 4.44. The average Bonchev–Trinajstić information content (AvgIpc) is 2.75. The molecule has 1 fully saturated rings. The molecule has 0 radical (unpaired) electrons. The Balaban J connectivity index is 2.34. The van der Waals surface area contributed by atoms with Gasteiger partial charge in [0.15, 0.2) is 0 Å². The average molecular weight is 324 g/mol. The molecule has 6 heteroatoms. The van der Waals surface area contributed by atoms with Crippen LogP contribution in [-0.4, -0.2) is 24.8 Å². The van der Waals surface area contributed by atoms with Crippen molar-refractivity contribution < 1.29 is 18.3 Å². The first-order valence-corrected chi connectivity index (χ1v) is 6.43. The van der Waals surface area contributed by atoms with Gasteiger partial charge in [0.25, 0.3) is 0 Å². The minimum Gasteiger partial charge on any atom is -0.396 e. The summed E-state index contributed by atoms with van der Waals surface area (Å²) in [5, 5.41) is 9.06. The van der Waals surface area contributed by atoms with Crippen molar-refractivity contribution in [2.45, 2.75) is 12.6 Å². The monoisotopic (exact) mass is 323 g/mol. The van der Waals surface area contributed by atoms with E-state index in [0.29, 0.717) is 17.6 Å². The number of benzene rings is 1. The molecule has 0 bridgehead atoms. The summed E-state index contributed by atoms with van der Waals surface area (Å²) < 4.78 is 39.4. The molecule has 2 rings (SSSR count). The van der Waals surface area contributed by atoms with Crippen LogP contribution in [0.15, 0.2) is 22.7 Å². The van der Waals surface area contributed by atoms with Gasteiger partial charge in [-0.15, -0.1) is 0 Å². The lowest BCUT2D eigenvalue weighted by Gasteiger charge is -2.23. The predicted octanol–water partition coefficient (Wildman–Crippen LogP) is 3.29. The van der Waals surface area contributed by atoms with Gasteiger partial charge in [0.2, 0.25) is 0 Å². The van der Waals surface area contributed by atoms with E-state index >= 15 is 0 Å². The normalized spacial score (nSPS) is 20.5. The van der Waals surface area contributed by atoms with E-state index in [4.69, 9.17) is 5.11 Å². The summed E-state index contributed by atoms with van der Waals surface area (Å²) >= 11 is 3.20. The Kier molecular flexibility index (Phi) is 3.87. The SMILES string of the molecule is OCC1CCN(c2cc(Br)ccc2C(F)(F)F)C1. The Labute approximate surface area is 112 Å². The van der Waals surface area contributed by atoms with Gasteiger partial charge < -0.3 is 10.0 Å². The highest BCUT2D eigenvalue weighted by Gasteiger charge is 2.36. The summed E-state index contributed by atoms with van der Waals surface area (Å²) in [6, 6.07) is 3.97. The Bertz CT molecular complexity index is 436. The molecule has 1 unspecified atom stereocenters. The summed E-state index contributed by atoms with van der Waals surface area (Å²) in [4.78, 5) is 1.69. The predicted molar refractivity (Wildman–Crippen MR) is 66.5 cm³/mol. The van der Waals surface area contributed by atoms with Crippen LogP contribution in [0.4, 0.5) is 18.9 Å². The fourth-order valence-electron chi connectivity index (χ4n) is 2.21. The van der Waals surface area contributed by atoms with Crippen LogP contribution in [0.25, 0.3) is 0 Å².